The zero-order valence-corrected chi connectivity index (χ0v) is 17.9. The average Bonchev–Trinajstić information content (AvgIpc) is 3.19. The Morgan fingerprint density at radius 2 is 1.90 bits per heavy atom. The molecule has 0 saturated carbocycles. The maximum atomic E-state index is 13.1. The van der Waals surface area contributed by atoms with E-state index in [-0.39, 0.29) is 18.2 Å². The van der Waals surface area contributed by atoms with E-state index in [1.165, 1.54) is 12.0 Å². The Morgan fingerprint density at radius 3 is 2.45 bits per heavy atom. The Hall–Kier alpha value is -2.16. The van der Waals surface area contributed by atoms with E-state index in [0.717, 1.165) is 19.3 Å². The monoisotopic (exact) mass is 413 g/mol. The number of esters is 1. The molecule has 9 heteroatoms. The molecular formula is C20H35N3O6. The molecular weight excluding hydrogens is 378 g/mol. The second kappa shape index (κ2) is 12.4. The van der Waals surface area contributed by atoms with Gasteiger partial charge in [0.15, 0.2) is 0 Å². The van der Waals surface area contributed by atoms with Crippen molar-refractivity contribution in [3.05, 3.63) is 0 Å². The molecule has 3 amide bonds. The molecule has 166 valence electrons. The normalized spacial score (nSPS) is 18.3. The topological polar surface area (TPSA) is 125 Å². The third-order valence-corrected chi connectivity index (χ3v) is 5.32. The molecule has 0 aromatic carbocycles. The smallest absolute Gasteiger partial charge is 0.328 e. The molecule has 3 N–H and O–H groups in total. The number of likely N-dealkylation sites (tertiary alicyclic amines) is 1. The number of carbonyl (C=O) groups is 4. The fourth-order valence-corrected chi connectivity index (χ4v) is 3.61. The molecule has 1 aliphatic heterocycles. The number of methoxy groups -OCH3 is 1. The predicted octanol–water partition coefficient (Wildman–Crippen LogP) is 1.38. The number of nitrogens with zero attached hydrogens (tertiary/aromatic N) is 1. The van der Waals surface area contributed by atoms with Gasteiger partial charge in [-0.2, -0.15) is 0 Å². The summed E-state index contributed by atoms with van der Waals surface area (Å²) in [5, 5.41) is 11.6. The van der Waals surface area contributed by atoms with Crippen LogP contribution in [0.4, 0.5) is 0 Å². The van der Waals surface area contributed by atoms with Gasteiger partial charge in [0.1, 0.15) is 12.1 Å². The minimum Gasteiger partial charge on any atom is -0.467 e. The predicted molar refractivity (Wildman–Crippen MR) is 106 cm³/mol. The summed E-state index contributed by atoms with van der Waals surface area (Å²) in [6, 6.07) is -1.44. The van der Waals surface area contributed by atoms with Crippen LogP contribution < -0.4 is 10.8 Å². The highest BCUT2D eigenvalue weighted by atomic mass is 16.5. The molecule has 0 spiro atoms. The van der Waals surface area contributed by atoms with Crippen molar-refractivity contribution in [1.82, 2.24) is 15.7 Å². The number of hydroxylamine groups is 1. The summed E-state index contributed by atoms with van der Waals surface area (Å²) in [5.74, 6) is -2.65. The zero-order chi connectivity index (χ0) is 22.0. The minimum atomic E-state index is -0.807. The van der Waals surface area contributed by atoms with Gasteiger partial charge in [-0.15, -0.1) is 0 Å². The number of unbranched alkanes of at least 4 members (excludes halogenated alkanes) is 2. The van der Waals surface area contributed by atoms with Gasteiger partial charge in [-0.1, -0.05) is 40.0 Å². The molecule has 1 heterocycles. The van der Waals surface area contributed by atoms with E-state index in [1.54, 1.807) is 5.48 Å². The van der Waals surface area contributed by atoms with Gasteiger partial charge in [-0.3, -0.25) is 19.6 Å². The minimum absolute atomic E-state index is 0.153. The SMILES string of the molecule is CCCCC[C@@H](CC(=O)NO)C(=O)N[C@H](C(=O)N1CCC[C@H]1C(=O)OC)C(C)C. The lowest BCUT2D eigenvalue weighted by molar-refractivity contribution is -0.152. The summed E-state index contributed by atoms with van der Waals surface area (Å²) >= 11 is 0. The van der Waals surface area contributed by atoms with Crippen molar-refractivity contribution in [1.29, 1.82) is 0 Å². The third kappa shape index (κ3) is 7.30. The van der Waals surface area contributed by atoms with Crippen molar-refractivity contribution in [2.45, 2.75) is 77.8 Å². The Kier molecular flexibility index (Phi) is 10.6. The number of hydrogen-bond donors (Lipinski definition) is 3. The molecule has 29 heavy (non-hydrogen) atoms. The largest absolute Gasteiger partial charge is 0.467 e. The van der Waals surface area contributed by atoms with Gasteiger partial charge in [-0.05, 0) is 25.2 Å². The first-order valence-corrected chi connectivity index (χ1v) is 10.4. The van der Waals surface area contributed by atoms with Gasteiger partial charge in [-0.25, -0.2) is 10.3 Å². The summed E-state index contributed by atoms with van der Waals surface area (Å²) in [7, 11) is 1.29. The lowest BCUT2D eigenvalue weighted by Crippen LogP contribution is -2.55. The number of carbonyl (C=O) groups excluding carboxylic acids is 4. The summed E-state index contributed by atoms with van der Waals surface area (Å²) in [4.78, 5) is 51.0. The van der Waals surface area contributed by atoms with Crippen LogP contribution in [-0.2, 0) is 23.9 Å². The fraction of sp³-hybridized carbons (Fsp3) is 0.800. The lowest BCUT2D eigenvalue weighted by Gasteiger charge is -2.30. The van der Waals surface area contributed by atoms with Crippen molar-refractivity contribution in [2.75, 3.05) is 13.7 Å². The first-order valence-electron chi connectivity index (χ1n) is 10.4. The third-order valence-electron chi connectivity index (χ3n) is 5.32. The van der Waals surface area contributed by atoms with E-state index in [1.807, 2.05) is 20.8 Å². The highest BCUT2D eigenvalue weighted by Crippen LogP contribution is 2.22. The van der Waals surface area contributed by atoms with Crippen LogP contribution in [0.15, 0.2) is 0 Å². The number of nitrogens with one attached hydrogen (secondary N) is 2. The molecule has 0 unspecified atom stereocenters. The van der Waals surface area contributed by atoms with Crippen molar-refractivity contribution in [2.24, 2.45) is 11.8 Å². The zero-order valence-electron chi connectivity index (χ0n) is 17.9. The van der Waals surface area contributed by atoms with Gasteiger partial charge >= 0.3 is 5.97 Å². The number of ether oxygens (including phenoxy) is 1. The number of hydrogen-bond acceptors (Lipinski definition) is 6. The molecule has 0 aliphatic carbocycles. The highest BCUT2D eigenvalue weighted by molar-refractivity contribution is 5.93. The quantitative estimate of drug-likeness (QED) is 0.203. The summed E-state index contributed by atoms with van der Waals surface area (Å²) in [6.45, 7) is 6.11. The Bertz CT molecular complexity index is 581. The molecule has 0 aromatic heterocycles. The lowest BCUT2D eigenvalue weighted by atomic mass is 9.94. The van der Waals surface area contributed by atoms with Crippen LogP contribution >= 0.6 is 0 Å². The maximum Gasteiger partial charge on any atom is 0.328 e. The molecule has 0 radical (unpaired) electrons. The van der Waals surface area contributed by atoms with Crippen LogP contribution in [0, 0.1) is 11.8 Å². The molecule has 1 fully saturated rings. The first kappa shape index (κ1) is 24.9. The van der Waals surface area contributed by atoms with Gasteiger partial charge in [0, 0.05) is 18.9 Å². The second-order valence-electron chi connectivity index (χ2n) is 7.87. The second-order valence-corrected chi connectivity index (χ2v) is 7.87. The van der Waals surface area contributed by atoms with E-state index in [4.69, 9.17) is 9.94 Å². The van der Waals surface area contributed by atoms with E-state index >= 15 is 0 Å². The van der Waals surface area contributed by atoms with Crippen molar-refractivity contribution in [3.8, 4) is 0 Å². The summed E-state index contributed by atoms with van der Waals surface area (Å²) < 4.78 is 4.80. The Labute approximate surface area is 172 Å². The van der Waals surface area contributed by atoms with E-state index in [2.05, 4.69) is 5.32 Å². The van der Waals surface area contributed by atoms with E-state index in [9.17, 15) is 19.2 Å². The highest BCUT2D eigenvalue weighted by Gasteiger charge is 2.39. The molecule has 1 rings (SSSR count). The van der Waals surface area contributed by atoms with Crippen LogP contribution in [0.1, 0.15) is 65.7 Å². The van der Waals surface area contributed by atoms with Crippen LogP contribution in [0.5, 0.6) is 0 Å². The first-order chi connectivity index (χ1) is 13.8. The van der Waals surface area contributed by atoms with Gasteiger partial charge in [0.2, 0.25) is 17.7 Å². The molecule has 0 aromatic rings. The van der Waals surface area contributed by atoms with Crippen LogP contribution in [0.3, 0.4) is 0 Å². The van der Waals surface area contributed by atoms with E-state index < -0.39 is 35.8 Å². The van der Waals surface area contributed by atoms with Gasteiger partial charge < -0.3 is 15.0 Å². The standard InChI is InChI=1S/C20H35N3O6/c1-5-6-7-9-14(12-16(24)22-28)18(25)21-17(13(2)3)19(26)23-11-8-10-15(23)20(27)29-4/h13-15,17,28H,5-12H2,1-4H3,(H,21,25)(H,22,24)/t14-,15-,17-/m0/s1. The Morgan fingerprint density at radius 1 is 1.21 bits per heavy atom. The summed E-state index contributed by atoms with van der Waals surface area (Å²) in [5.41, 5.74) is 1.56. The summed E-state index contributed by atoms with van der Waals surface area (Å²) in [6.07, 6.45) is 4.22. The molecule has 1 saturated heterocycles. The van der Waals surface area contributed by atoms with Crippen LogP contribution in [-0.4, -0.2) is 59.5 Å². The molecule has 3 atom stereocenters. The van der Waals surface area contributed by atoms with Crippen LogP contribution in [0.2, 0.25) is 0 Å². The van der Waals surface area contributed by atoms with Gasteiger partial charge in [0.05, 0.1) is 7.11 Å². The number of amides is 3. The average molecular weight is 414 g/mol. The molecule has 9 nitrogen and oxygen atoms in total. The van der Waals surface area contributed by atoms with Crippen molar-refractivity contribution >= 4 is 23.7 Å². The van der Waals surface area contributed by atoms with Crippen LogP contribution in [0.25, 0.3) is 0 Å². The fourth-order valence-electron chi connectivity index (χ4n) is 3.61. The Balaban J connectivity index is 2.90. The number of rotatable bonds is 11. The molecule has 0 bridgehead atoms. The van der Waals surface area contributed by atoms with Crippen molar-refractivity contribution < 1.29 is 29.1 Å². The van der Waals surface area contributed by atoms with Gasteiger partial charge in [0.25, 0.3) is 0 Å². The van der Waals surface area contributed by atoms with E-state index in [0.29, 0.717) is 25.8 Å². The molecule has 1 aliphatic rings. The maximum absolute atomic E-state index is 13.1. The van der Waals surface area contributed by atoms with Crippen molar-refractivity contribution in [3.63, 3.8) is 0 Å².